The van der Waals surface area contributed by atoms with E-state index in [1.54, 1.807) is 0 Å². The van der Waals surface area contributed by atoms with Crippen LogP contribution in [-0.2, 0) is 9.53 Å². The summed E-state index contributed by atoms with van der Waals surface area (Å²) in [6.45, 7) is 11.1. The number of carbonyl (C=O) groups excluding carboxylic acids is 2. The van der Waals surface area contributed by atoms with Gasteiger partial charge in [0, 0.05) is 38.4 Å². The molecule has 6 atom stereocenters. The second-order valence-corrected chi connectivity index (χ2v) is 9.57. The molecular formula is C23H38N2O4. The minimum absolute atomic E-state index is 0.0309. The monoisotopic (exact) mass is 406 g/mol. The maximum atomic E-state index is 12.5. The largest absolute Gasteiger partial charge is 0.458 e. The van der Waals surface area contributed by atoms with Crippen LogP contribution in [0.3, 0.4) is 0 Å². The Bertz CT molecular complexity index is 659. The summed E-state index contributed by atoms with van der Waals surface area (Å²) < 4.78 is 5.50. The third-order valence-corrected chi connectivity index (χ3v) is 7.39. The van der Waals surface area contributed by atoms with Gasteiger partial charge in [0.05, 0.1) is 5.60 Å². The number of aliphatic hydroxyl groups is 1. The fraction of sp³-hybridized carbons (Fsp3) is 0.826. The number of amides is 2. The Morgan fingerprint density at radius 2 is 2.03 bits per heavy atom. The van der Waals surface area contributed by atoms with Crippen molar-refractivity contribution in [3.8, 4) is 0 Å². The molecule has 0 aromatic rings. The molecule has 0 spiro atoms. The number of hydrogen-bond acceptors (Lipinski definition) is 4. The van der Waals surface area contributed by atoms with Crippen molar-refractivity contribution in [2.24, 2.45) is 23.7 Å². The lowest BCUT2D eigenvalue weighted by Crippen LogP contribution is -2.56. The lowest BCUT2D eigenvalue weighted by Gasteiger charge is -2.53. The van der Waals surface area contributed by atoms with Crippen LogP contribution in [-0.4, -0.2) is 52.8 Å². The SMILES string of the molecule is CCNC(=O)N(CC(C)[C@@H]1CC[C@@H](C)[C@]2(O)C[C@@H](OC(C)=O)C(C)=C[C@H]12)C1CC1. The number of nitrogens with one attached hydrogen (secondary N) is 1. The van der Waals surface area contributed by atoms with E-state index >= 15 is 0 Å². The van der Waals surface area contributed by atoms with Crippen molar-refractivity contribution in [1.29, 1.82) is 0 Å². The van der Waals surface area contributed by atoms with Gasteiger partial charge in [0.1, 0.15) is 6.10 Å². The minimum Gasteiger partial charge on any atom is -0.458 e. The van der Waals surface area contributed by atoms with Gasteiger partial charge in [-0.2, -0.15) is 0 Å². The van der Waals surface area contributed by atoms with E-state index in [-0.39, 0.29) is 35.9 Å². The van der Waals surface area contributed by atoms with E-state index in [0.717, 1.165) is 37.8 Å². The van der Waals surface area contributed by atoms with Crippen molar-refractivity contribution in [2.45, 2.75) is 84.5 Å². The van der Waals surface area contributed by atoms with Gasteiger partial charge < -0.3 is 20.1 Å². The first-order valence-corrected chi connectivity index (χ1v) is 11.3. The number of nitrogens with zero attached hydrogens (tertiary/aromatic N) is 1. The van der Waals surface area contributed by atoms with Crippen LogP contribution in [0, 0.1) is 23.7 Å². The molecule has 2 saturated carbocycles. The summed E-state index contributed by atoms with van der Waals surface area (Å²) in [7, 11) is 0. The maximum absolute atomic E-state index is 12.5. The molecule has 3 aliphatic carbocycles. The quantitative estimate of drug-likeness (QED) is 0.523. The predicted molar refractivity (Wildman–Crippen MR) is 112 cm³/mol. The van der Waals surface area contributed by atoms with Crippen LogP contribution in [0.15, 0.2) is 11.6 Å². The molecule has 6 nitrogen and oxygen atoms in total. The van der Waals surface area contributed by atoms with Gasteiger partial charge >= 0.3 is 12.0 Å². The van der Waals surface area contributed by atoms with Gasteiger partial charge in [-0.25, -0.2) is 4.79 Å². The van der Waals surface area contributed by atoms with Crippen LogP contribution in [0.25, 0.3) is 0 Å². The van der Waals surface area contributed by atoms with Gasteiger partial charge in [-0.05, 0) is 62.9 Å². The summed E-state index contributed by atoms with van der Waals surface area (Å²) in [5.41, 5.74) is 0.163. The molecule has 3 aliphatic rings. The smallest absolute Gasteiger partial charge is 0.317 e. The Morgan fingerprint density at radius 3 is 2.62 bits per heavy atom. The normalized spacial score (nSPS) is 35.2. The highest BCUT2D eigenvalue weighted by molar-refractivity contribution is 5.74. The highest BCUT2D eigenvalue weighted by atomic mass is 16.5. The zero-order valence-electron chi connectivity index (χ0n) is 18.6. The van der Waals surface area contributed by atoms with E-state index < -0.39 is 5.60 Å². The Balaban J connectivity index is 1.79. The molecule has 0 bridgehead atoms. The number of ether oxygens (including phenoxy) is 1. The second-order valence-electron chi connectivity index (χ2n) is 9.57. The molecule has 0 radical (unpaired) electrons. The molecule has 2 amide bonds. The molecule has 6 heteroatoms. The molecule has 2 fully saturated rings. The van der Waals surface area contributed by atoms with Gasteiger partial charge in [0.25, 0.3) is 0 Å². The number of urea groups is 1. The zero-order chi connectivity index (χ0) is 21.3. The first-order chi connectivity index (χ1) is 13.7. The van der Waals surface area contributed by atoms with Gasteiger partial charge in [-0.1, -0.05) is 19.9 Å². The summed E-state index contributed by atoms with van der Waals surface area (Å²) in [4.78, 5) is 26.1. The Hall–Kier alpha value is -1.56. The zero-order valence-corrected chi connectivity index (χ0v) is 18.6. The fourth-order valence-corrected chi connectivity index (χ4v) is 5.48. The highest BCUT2D eigenvalue weighted by Gasteiger charge is 2.53. The van der Waals surface area contributed by atoms with Crippen molar-refractivity contribution in [3.63, 3.8) is 0 Å². The van der Waals surface area contributed by atoms with E-state index in [4.69, 9.17) is 4.74 Å². The van der Waals surface area contributed by atoms with Crippen LogP contribution in [0.2, 0.25) is 0 Å². The number of rotatable bonds is 6. The van der Waals surface area contributed by atoms with E-state index in [1.165, 1.54) is 6.92 Å². The summed E-state index contributed by atoms with van der Waals surface area (Å²) in [5.74, 6) is 0.474. The molecule has 1 unspecified atom stereocenters. The molecule has 164 valence electrons. The van der Waals surface area contributed by atoms with Crippen molar-refractivity contribution in [3.05, 3.63) is 11.6 Å². The first kappa shape index (κ1) is 22.1. The molecule has 0 aromatic heterocycles. The van der Waals surface area contributed by atoms with Crippen molar-refractivity contribution in [2.75, 3.05) is 13.1 Å². The lowest BCUT2D eigenvalue weighted by molar-refractivity contribution is -0.159. The lowest BCUT2D eigenvalue weighted by atomic mass is 9.57. The standard InChI is InChI=1S/C23H38N2O4/c1-6-24-22(27)25(18-8-9-18)13-15(3)19-10-7-16(4)23(28)12-21(29-17(5)26)14(2)11-20(19)23/h11,15-16,18-21,28H,6-10,12-13H2,1-5H3,(H,24,27)/t15?,16-,19+,20-,21-,23-/m1/s1. The molecule has 2 N–H and O–H groups in total. The third-order valence-electron chi connectivity index (χ3n) is 7.39. The maximum Gasteiger partial charge on any atom is 0.317 e. The van der Waals surface area contributed by atoms with Crippen molar-refractivity contribution >= 4 is 12.0 Å². The van der Waals surface area contributed by atoms with Crippen LogP contribution >= 0.6 is 0 Å². The van der Waals surface area contributed by atoms with Crippen LogP contribution in [0.5, 0.6) is 0 Å². The van der Waals surface area contributed by atoms with Gasteiger partial charge in [-0.3, -0.25) is 4.79 Å². The fourth-order valence-electron chi connectivity index (χ4n) is 5.48. The number of fused-ring (bicyclic) bond motifs is 1. The predicted octanol–water partition coefficient (Wildman–Crippen LogP) is 3.49. The number of carbonyl (C=O) groups is 2. The topological polar surface area (TPSA) is 78.9 Å². The van der Waals surface area contributed by atoms with E-state index in [0.29, 0.717) is 24.9 Å². The van der Waals surface area contributed by atoms with Crippen LogP contribution in [0.4, 0.5) is 4.79 Å². The second kappa shape index (κ2) is 8.66. The summed E-state index contributed by atoms with van der Waals surface area (Å²) in [6, 6.07) is 0.397. The number of esters is 1. The molecule has 3 rings (SSSR count). The Labute approximate surface area is 175 Å². The summed E-state index contributed by atoms with van der Waals surface area (Å²) in [6.07, 6.45) is 6.44. The van der Waals surface area contributed by atoms with Crippen LogP contribution in [0.1, 0.15) is 66.7 Å². The minimum atomic E-state index is -0.868. The van der Waals surface area contributed by atoms with E-state index in [2.05, 4.69) is 25.2 Å². The molecule has 0 saturated heterocycles. The Kier molecular flexibility index (Phi) is 6.61. The first-order valence-electron chi connectivity index (χ1n) is 11.3. The molecular weight excluding hydrogens is 368 g/mol. The van der Waals surface area contributed by atoms with Crippen LogP contribution < -0.4 is 5.32 Å². The van der Waals surface area contributed by atoms with Gasteiger partial charge in [0.2, 0.25) is 0 Å². The molecule has 0 heterocycles. The molecule has 29 heavy (non-hydrogen) atoms. The van der Waals surface area contributed by atoms with Gasteiger partial charge in [-0.15, -0.1) is 0 Å². The average Bonchev–Trinajstić information content (AvgIpc) is 3.47. The molecule has 0 aliphatic heterocycles. The van der Waals surface area contributed by atoms with E-state index in [9.17, 15) is 14.7 Å². The average molecular weight is 407 g/mol. The van der Waals surface area contributed by atoms with Crippen molar-refractivity contribution < 1.29 is 19.4 Å². The molecule has 0 aromatic carbocycles. The van der Waals surface area contributed by atoms with Crippen molar-refractivity contribution in [1.82, 2.24) is 10.2 Å². The highest BCUT2D eigenvalue weighted by Crippen LogP contribution is 2.51. The summed E-state index contributed by atoms with van der Waals surface area (Å²) in [5, 5.41) is 14.7. The van der Waals surface area contributed by atoms with E-state index in [1.807, 2.05) is 18.7 Å². The van der Waals surface area contributed by atoms with Gasteiger partial charge in [0.15, 0.2) is 0 Å². The third kappa shape index (κ3) is 4.62. The Morgan fingerprint density at radius 1 is 1.34 bits per heavy atom. The number of hydrogen-bond donors (Lipinski definition) is 2. The summed E-state index contributed by atoms with van der Waals surface area (Å²) >= 11 is 0.